The van der Waals surface area contributed by atoms with Crippen molar-refractivity contribution in [3.05, 3.63) is 35.4 Å². The molecule has 1 aromatic carbocycles. The van der Waals surface area contributed by atoms with Crippen molar-refractivity contribution in [3.63, 3.8) is 0 Å². The summed E-state index contributed by atoms with van der Waals surface area (Å²) in [6, 6.07) is 8.68. The highest BCUT2D eigenvalue weighted by atomic mass is 32.2. The van der Waals surface area contributed by atoms with Crippen LogP contribution in [0.15, 0.2) is 24.3 Å². The maximum Gasteiger partial charge on any atom is 0.0205 e. The van der Waals surface area contributed by atoms with Crippen LogP contribution in [0.2, 0.25) is 0 Å². The second-order valence-corrected chi connectivity index (χ2v) is 5.09. The first kappa shape index (κ1) is 12.6. The highest BCUT2D eigenvalue weighted by Gasteiger charge is 2.00. The van der Waals surface area contributed by atoms with Gasteiger partial charge in [0.25, 0.3) is 0 Å². The minimum atomic E-state index is 0.754. The van der Waals surface area contributed by atoms with Gasteiger partial charge in [0.1, 0.15) is 0 Å². The lowest BCUT2D eigenvalue weighted by Gasteiger charge is -2.11. The van der Waals surface area contributed by atoms with Crippen molar-refractivity contribution < 1.29 is 0 Å². The van der Waals surface area contributed by atoms with Crippen molar-refractivity contribution in [1.29, 1.82) is 0 Å². The fraction of sp³-hybridized carbons (Fsp3) is 0.538. The molecule has 1 nitrogen and oxygen atoms in total. The molecule has 1 N–H and O–H groups in total. The van der Waals surface area contributed by atoms with Gasteiger partial charge in [0.2, 0.25) is 0 Å². The van der Waals surface area contributed by atoms with Gasteiger partial charge in [0.15, 0.2) is 0 Å². The second-order valence-electron chi connectivity index (χ2n) is 4.18. The predicted octanol–water partition coefficient (Wildman–Crippen LogP) is 3.08. The van der Waals surface area contributed by atoms with E-state index in [0.717, 1.165) is 19.0 Å². The van der Waals surface area contributed by atoms with Crippen molar-refractivity contribution in [2.75, 3.05) is 18.6 Å². The standard InChI is InChI=1S/C13H21NS/c1-11-5-4-6-13(7-11)9-14-8-12(2)10-15-3/h4-7,12,14H,8-10H2,1-3H3. The third-order valence-corrected chi connectivity index (χ3v) is 3.26. The highest BCUT2D eigenvalue weighted by molar-refractivity contribution is 7.98. The maximum absolute atomic E-state index is 3.50. The molecule has 0 aliphatic rings. The Balaban J connectivity index is 2.25. The molecular formula is C13H21NS. The molecule has 1 unspecified atom stereocenters. The van der Waals surface area contributed by atoms with Crippen LogP contribution in [0.5, 0.6) is 0 Å². The zero-order chi connectivity index (χ0) is 11.1. The minimum Gasteiger partial charge on any atom is -0.312 e. The Hall–Kier alpha value is -0.470. The van der Waals surface area contributed by atoms with Crippen molar-refractivity contribution in [3.8, 4) is 0 Å². The minimum absolute atomic E-state index is 0.754. The molecule has 0 saturated heterocycles. The summed E-state index contributed by atoms with van der Waals surface area (Å²) in [5, 5.41) is 3.50. The number of hydrogen-bond acceptors (Lipinski definition) is 2. The van der Waals surface area contributed by atoms with Gasteiger partial charge in [-0.05, 0) is 37.0 Å². The number of rotatable bonds is 6. The van der Waals surface area contributed by atoms with Crippen molar-refractivity contribution in [2.24, 2.45) is 5.92 Å². The fourth-order valence-electron chi connectivity index (χ4n) is 1.63. The van der Waals surface area contributed by atoms with E-state index in [0.29, 0.717) is 0 Å². The van der Waals surface area contributed by atoms with Gasteiger partial charge in [-0.25, -0.2) is 0 Å². The fourth-order valence-corrected chi connectivity index (χ4v) is 2.32. The van der Waals surface area contributed by atoms with E-state index in [1.54, 1.807) is 0 Å². The lowest BCUT2D eigenvalue weighted by Crippen LogP contribution is -2.22. The summed E-state index contributed by atoms with van der Waals surface area (Å²) >= 11 is 1.92. The molecule has 0 fully saturated rings. The first-order valence-corrected chi connectivity index (χ1v) is 6.87. The predicted molar refractivity (Wildman–Crippen MR) is 70.4 cm³/mol. The van der Waals surface area contributed by atoms with Crippen LogP contribution in [-0.2, 0) is 6.54 Å². The zero-order valence-electron chi connectivity index (χ0n) is 9.92. The van der Waals surface area contributed by atoms with Gasteiger partial charge in [-0.3, -0.25) is 0 Å². The van der Waals surface area contributed by atoms with E-state index in [9.17, 15) is 0 Å². The summed E-state index contributed by atoms with van der Waals surface area (Å²) in [6.07, 6.45) is 2.16. The summed E-state index contributed by atoms with van der Waals surface area (Å²) < 4.78 is 0. The van der Waals surface area contributed by atoms with Gasteiger partial charge in [-0.1, -0.05) is 36.8 Å². The van der Waals surface area contributed by atoms with Crippen LogP contribution in [0.1, 0.15) is 18.1 Å². The monoisotopic (exact) mass is 223 g/mol. The van der Waals surface area contributed by atoms with Crippen LogP contribution in [-0.4, -0.2) is 18.6 Å². The number of hydrogen-bond donors (Lipinski definition) is 1. The molecule has 0 aliphatic heterocycles. The van der Waals surface area contributed by atoms with E-state index in [1.807, 2.05) is 11.8 Å². The molecule has 1 rings (SSSR count). The topological polar surface area (TPSA) is 12.0 Å². The molecule has 0 heterocycles. The summed E-state index contributed by atoms with van der Waals surface area (Å²) in [7, 11) is 0. The smallest absolute Gasteiger partial charge is 0.0205 e. The summed E-state index contributed by atoms with van der Waals surface area (Å²) in [4.78, 5) is 0. The van der Waals surface area contributed by atoms with E-state index in [4.69, 9.17) is 0 Å². The first-order valence-electron chi connectivity index (χ1n) is 5.47. The number of aryl methyl sites for hydroxylation is 1. The molecule has 2 heteroatoms. The van der Waals surface area contributed by atoms with Crippen LogP contribution in [0.4, 0.5) is 0 Å². The lowest BCUT2D eigenvalue weighted by molar-refractivity contribution is 0.559. The average Bonchev–Trinajstić information content (AvgIpc) is 2.18. The summed E-state index contributed by atoms with van der Waals surface area (Å²) in [5.41, 5.74) is 2.72. The van der Waals surface area contributed by atoms with Crippen LogP contribution < -0.4 is 5.32 Å². The average molecular weight is 223 g/mol. The van der Waals surface area contributed by atoms with E-state index in [2.05, 4.69) is 49.7 Å². The van der Waals surface area contributed by atoms with Gasteiger partial charge in [0.05, 0.1) is 0 Å². The molecule has 1 atom stereocenters. The quantitative estimate of drug-likeness (QED) is 0.795. The van der Waals surface area contributed by atoms with Gasteiger partial charge < -0.3 is 5.32 Å². The SMILES string of the molecule is CSCC(C)CNCc1cccc(C)c1. The van der Waals surface area contributed by atoms with Crippen molar-refractivity contribution in [2.45, 2.75) is 20.4 Å². The van der Waals surface area contributed by atoms with E-state index >= 15 is 0 Å². The van der Waals surface area contributed by atoms with E-state index in [-0.39, 0.29) is 0 Å². The third-order valence-electron chi connectivity index (χ3n) is 2.36. The molecule has 0 saturated carbocycles. The largest absolute Gasteiger partial charge is 0.312 e. The molecule has 0 aromatic heterocycles. The normalized spacial score (nSPS) is 12.7. The van der Waals surface area contributed by atoms with E-state index < -0.39 is 0 Å². The highest BCUT2D eigenvalue weighted by Crippen LogP contribution is 2.05. The molecule has 0 spiro atoms. The molecule has 15 heavy (non-hydrogen) atoms. The Bertz CT molecular complexity index is 286. The number of benzene rings is 1. The molecule has 0 bridgehead atoms. The molecular weight excluding hydrogens is 202 g/mol. The van der Waals surface area contributed by atoms with Crippen molar-refractivity contribution in [1.82, 2.24) is 5.32 Å². The van der Waals surface area contributed by atoms with Crippen LogP contribution in [0.25, 0.3) is 0 Å². The van der Waals surface area contributed by atoms with E-state index in [1.165, 1.54) is 16.9 Å². The van der Waals surface area contributed by atoms with Gasteiger partial charge in [-0.15, -0.1) is 0 Å². The number of nitrogens with one attached hydrogen (secondary N) is 1. The Morgan fingerprint density at radius 2 is 2.20 bits per heavy atom. The van der Waals surface area contributed by atoms with Gasteiger partial charge in [-0.2, -0.15) is 11.8 Å². The Morgan fingerprint density at radius 1 is 1.40 bits per heavy atom. The van der Waals surface area contributed by atoms with Crippen LogP contribution in [0, 0.1) is 12.8 Å². The molecule has 84 valence electrons. The number of thioether (sulfide) groups is 1. The van der Waals surface area contributed by atoms with Gasteiger partial charge in [0, 0.05) is 6.54 Å². The lowest BCUT2D eigenvalue weighted by atomic mass is 10.1. The van der Waals surface area contributed by atoms with Crippen LogP contribution >= 0.6 is 11.8 Å². The Kier molecular flexibility index (Phi) is 5.81. The summed E-state index contributed by atoms with van der Waals surface area (Å²) in [5.74, 6) is 1.99. The van der Waals surface area contributed by atoms with Crippen LogP contribution in [0.3, 0.4) is 0 Å². The molecule has 0 aliphatic carbocycles. The Labute approximate surface area is 97.7 Å². The van der Waals surface area contributed by atoms with Gasteiger partial charge >= 0.3 is 0 Å². The Morgan fingerprint density at radius 3 is 2.87 bits per heavy atom. The molecule has 0 amide bonds. The van der Waals surface area contributed by atoms with Crippen molar-refractivity contribution >= 4 is 11.8 Å². The maximum atomic E-state index is 3.50. The second kappa shape index (κ2) is 6.91. The third kappa shape index (κ3) is 5.24. The molecule has 0 radical (unpaired) electrons. The zero-order valence-corrected chi connectivity index (χ0v) is 10.7. The molecule has 1 aromatic rings. The first-order chi connectivity index (χ1) is 7.22. The summed E-state index contributed by atoms with van der Waals surface area (Å²) in [6.45, 7) is 6.52.